The first kappa shape index (κ1) is 20.9. The van der Waals surface area contributed by atoms with Crippen molar-refractivity contribution in [3.05, 3.63) is 59.2 Å². The molecular formula is C23H28N2O4S. The molecule has 0 unspecified atom stereocenters. The van der Waals surface area contributed by atoms with Crippen LogP contribution in [0.25, 0.3) is 0 Å². The van der Waals surface area contributed by atoms with E-state index in [9.17, 15) is 18.3 Å². The summed E-state index contributed by atoms with van der Waals surface area (Å²) in [5.74, 6) is -1.42. The van der Waals surface area contributed by atoms with Crippen LogP contribution in [0.1, 0.15) is 30.5 Å². The first-order chi connectivity index (χ1) is 14.2. The molecule has 2 aliphatic rings. The number of carboxylic acids is 1. The molecule has 2 aromatic rings. The van der Waals surface area contributed by atoms with E-state index >= 15 is 0 Å². The van der Waals surface area contributed by atoms with Gasteiger partial charge in [-0.25, -0.2) is 8.42 Å². The summed E-state index contributed by atoms with van der Waals surface area (Å²) >= 11 is 0. The Morgan fingerprint density at radius 3 is 2.23 bits per heavy atom. The molecular weight excluding hydrogens is 400 g/mol. The molecule has 1 N–H and O–H groups in total. The van der Waals surface area contributed by atoms with Gasteiger partial charge in [-0.05, 0) is 62.9 Å². The molecule has 2 aromatic carbocycles. The topological polar surface area (TPSA) is 77.9 Å². The molecule has 1 aliphatic heterocycles. The fourth-order valence-corrected chi connectivity index (χ4v) is 6.98. The fourth-order valence-electron chi connectivity index (χ4n) is 4.90. The van der Waals surface area contributed by atoms with E-state index in [1.165, 1.54) is 5.56 Å². The Labute approximate surface area is 178 Å². The zero-order valence-electron chi connectivity index (χ0n) is 17.6. The summed E-state index contributed by atoms with van der Waals surface area (Å²) in [5.41, 5.74) is 3.80. The van der Waals surface area contributed by atoms with Gasteiger partial charge in [-0.1, -0.05) is 29.8 Å². The summed E-state index contributed by atoms with van der Waals surface area (Å²) < 4.78 is 29.0. The minimum atomic E-state index is -3.73. The van der Waals surface area contributed by atoms with Crippen molar-refractivity contribution in [1.82, 2.24) is 4.31 Å². The number of nitrogens with zero attached hydrogens (tertiary/aromatic N) is 2. The van der Waals surface area contributed by atoms with Crippen LogP contribution in [-0.2, 0) is 27.7 Å². The van der Waals surface area contributed by atoms with Gasteiger partial charge in [-0.3, -0.25) is 4.79 Å². The second-order valence-electron chi connectivity index (χ2n) is 8.61. The summed E-state index contributed by atoms with van der Waals surface area (Å²) in [6, 6.07) is 13.1. The third-order valence-electron chi connectivity index (χ3n) is 6.29. The zero-order chi connectivity index (χ0) is 21.6. The van der Waals surface area contributed by atoms with Crippen LogP contribution in [0.2, 0.25) is 0 Å². The molecule has 1 heterocycles. The van der Waals surface area contributed by atoms with Gasteiger partial charge in [0.25, 0.3) is 0 Å². The quantitative estimate of drug-likeness (QED) is 0.810. The van der Waals surface area contributed by atoms with Gasteiger partial charge in [0.1, 0.15) is 0 Å². The van der Waals surface area contributed by atoms with E-state index in [1.54, 1.807) is 16.4 Å². The molecule has 30 heavy (non-hydrogen) atoms. The molecule has 4 rings (SSSR count). The first-order valence-corrected chi connectivity index (χ1v) is 11.8. The van der Waals surface area contributed by atoms with E-state index in [0.29, 0.717) is 25.1 Å². The van der Waals surface area contributed by atoms with Gasteiger partial charge >= 0.3 is 5.97 Å². The van der Waals surface area contributed by atoms with Crippen molar-refractivity contribution in [3.63, 3.8) is 0 Å². The summed E-state index contributed by atoms with van der Waals surface area (Å²) in [6.45, 7) is 7.15. The highest BCUT2D eigenvalue weighted by atomic mass is 32.2. The highest BCUT2D eigenvalue weighted by Crippen LogP contribution is 2.35. The van der Waals surface area contributed by atoms with E-state index in [2.05, 4.69) is 29.2 Å². The average Bonchev–Trinajstić information content (AvgIpc) is 3.12. The van der Waals surface area contributed by atoms with Crippen LogP contribution in [0, 0.1) is 12.8 Å². The van der Waals surface area contributed by atoms with Gasteiger partial charge in [0, 0.05) is 30.9 Å². The third-order valence-corrected chi connectivity index (χ3v) is 8.50. The number of sulfonamides is 1. The lowest BCUT2D eigenvalue weighted by molar-refractivity contribution is -0.141. The Morgan fingerprint density at radius 1 is 1.00 bits per heavy atom. The van der Waals surface area contributed by atoms with E-state index in [-0.39, 0.29) is 23.4 Å². The van der Waals surface area contributed by atoms with Gasteiger partial charge < -0.3 is 10.0 Å². The van der Waals surface area contributed by atoms with Crippen molar-refractivity contribution in [1.29, 1.82) is 0 Å². The number of benzene rings is 2. The number of aliphatic carboxylic acids is 1. The van der Waals surface area contributed by atoms with Gasteiger partial charge in [-0.2, -0.15) is 4.31 Å². The first-order valence-electron chi connectivity index (χ1n) is 10.4. The Bertz CT molecular complexity index is 1050. The van der Waals surface area contributed by atoms with Crippen LogP contribution in [0.3, 0.4) is 0 Å². The SMILES string of the molecule is Cc1ccc(N2C[C@@H](C)N(S(=O)(=O)c3cccc4c3C[C@@H](C(=O)O)C4)[C@@H](C)C2)cc1. The summed E-state index contributed by atoms with van der Waals surface area (Å²) in [6.07, 6.45) is 0.659. The molecule has 0 amide bonds. The number of carboxylic acid groups (broad SMARTS) is 1. The van der Waals surface area contributed by atoms with Crippen LogP contribution in [0.4, 0.5) is 5.69 Å². The molecule has 1 saturated heterocycles. The maximum atomic E-state index is 13.7. The standard InChI is InChI=1S/C23H28N2O4S/c1-15-7-9-20(10-8-15)24-13-16(2)25(17(3)14-24)30(28,29)22-6-4-5-18-11-19(23(26)27)12-21(18)22/h4-10,16-17,19H,11-14H2,1-3H3,(H,26,27)/t16-,17+,19-/m0/s1. The Hall–Kier alpha value is -2.38. The fraction of sp³-hybridized carbons (Fsp3) is 0.435. The van der Waals surface area contributed by atoms with Crippen LogP contribution in [-0.4, -0.2) is 49.0 Å². The Kier molecular flexibility index (Phi) is 5.36. The number of anilines is 1. The number of aryl methyl sites for hydroxylation is 1. The van der Waals surface area contributed by atoms with Gasteiger partial charge in [0.2, 0.25) is 10.0 Å². The molecule has 0 saturated carbocycles. The zero-order valence-corrected chi connectivity index (χ0v) is 18.4. The van der Waals surface area contributed by atoms with E-state index in [1.807, 2.05) is 26.8 Å². The van der Waals surface area contributed by atoms with Crippen molar-refractivity contribution in [2.24, 2.45) is 5.92 Å². The number of rotatable bonds is 4. The smallest absolute Gasteiger partial charge is 0.307 e. The molecule has 1 aliphatic carbocycles. The molecule has 6 nitrogen and oxygen atoms in total. The average molecular weight is 429 g/mol. The number of hydrogen-bond acceptors (Lipinski definition) is 4. The number of hydrogen-bond donors (Lipinski definition) is 1. The molecule has 1 fully saturated rings. The minimum absolute atomic E-state index is 0.201. The van der Waals surface area contributed by atoms with E-state index in [0.717, 1.165) is 11.3 Å². The molecule has 7 heteroatoms. The molecule has 3 atom stereocenters. The lowest BCUT2D eigenvalue weighted by Gasteiger charge is -2.44. The lowest BCUT2D eigenvalue weighted by Crippen LogP contribution is -2.58. The maximum Gasteiger partial charge on any atom is 0.307 e. The Balaban J connectivity index is 1.63. The third kappa shape index (κ3) is 3.61. The van der Waals surface area contributed by atoms with Crippen LogP contribution < -0.4 is 4.90 Å². The number of piperazine rings is 1. The van der Waals surface area contributed by atoms with E-state index in [4.69, 9.17) is 0 Å². The maximum absolute atomic E-state index is 13.7. The van der Waals surface area contributed by atoms with Crippen molar-refractivity contribution in [2.75, 3.05) is 18.0 Å². The predicted molar refractivity (Wildman–Crippen MR) is 116 cm³/mol. The molecule has 0 aromatic heterocycles. The van der Waals surface area contributed by atoms with Crippen LogP contribution >= 0.6 is 0 Å². The highest BCUT2D eigenvalue weighted by Gasteiger charge is 2.41. The largest absolute Gasteiger partial charge is 0.481 e. The van der Waals surface area contributed by atoms with Crippen LogP contribution in [0.15, 0.2) is 47.4 Å². The minimum Gasteiger partial charge on any atom is -0.481 e. The number of fused-ring (bicyclic) bond motifs is 1. The van der Waals surface area contributed by atoms with Crippen molar-refractivity contribution < 1.29 is 18.3 Å². The van der Waals surface area contributed by atoms with Crippen LogP contribution in [0.5, 0.6) is 0 Å². The Morgan fingerprint density at radius 2 is 1.63 bits per heavy atom. The summed E-state index contributed by atoms with van der Waals surface area (Å²) in [7, 11) is -3.73. The summed E-state index contributed by atoms with van der Waals surface area (Å²) in [4.78, 5) is 14.0. The lowest BCUT2D eigenvalue weighted by atomic mass is 10.1. The highest BCUT2D eigenvalue weighted by molar-refractivity contribution is 7.89. The van der Waals surface area contributed by atoms with Gasteiger partial charge in [0.05, 0.1) is 10.8 Å². The predicted octanol–water partition coefficient (Wildman–Crippen LogP) is 3.08. The molecule has 0 bridgehead atoms. The van der Waals surface area contributed by atoms with Gasteiger partial charge in [-0.15, -0.1) is 0 Å². The second-order valence-corrected chi connectivity index (χ2v) is 10.4. The van der Waals surface area contributed by atoms with Crippen molar-refractivity contribution in [2.45, 2.75) is 50.6 Å². The molecule has 160 valence electrons. The second kappa shape index (κ2) is 7.71. The van der Waals surface area contributed by atoms with Crippen molar-refractivity contribution in [3.8, 4) is 0 Å². The normalized spacial score (nSPS) is 24.6. The van der Waals surface area contributed by atoms with Crippen molar-refractivity contribution >= 4 is 21.7 Å². The number of carbonyl (C=O) groups is 1. The van der Waals surface area contributed by atoms with E-state index < -0.39 is 21.9 Å². The summed E-state index contributed by atoms with van der Waals surface area (Å²) in [5, 5.41) is 9.40. The monoisotopic (exact) mass is 428 g/mol. The molecule has 0 radical (unpaired) electrons. The van der Waals surface area contributed by atoms with Gasteiger partial charge in [0.15, 0.2) is 0 Å². The molecule has 0 spiro atoms.